The van der Waals surface area contributed by atoms with Crippen molar-refractivity contribution in [2.75, 3.05) is 0 Å². The Morgan fingerprint density at radius 3 is 3.05 bits per heavy atom. The molecule has 102 valence electrons. The SMILES string of the molecule is CCCc1nc(C(=O)O)nn1-c1ccc2ncsc2c1. The lowest BCUT2D eigenvalue weighted by Crippen LogP contribution is -2.03. The van der Waals surface area contributed by atoms with Gasteiger partial charge in [0.2, 0.25) is 0 Å². The van der Waals surface area contributed by atoms with Crippen LogP contribution in [0.25, 0.3) is 15.9 Å². The van der Waals surface area contributed by atoms with E-state index in [1.807, 2.05) is 25.1 Å². The van der Waals surface area contributed by atoms with Gasteiger partial charge >= 0.3 is 5.97 Å². The zero-order chi connectivity index (χ0) is 14.1. The fraction of sp³-hybridized carbons (Fsp3) is 0.231. The molecule has 0 fully saturated rings. The highest BCUT2D eigenvalue weighted by molar-refractivity contribution is 7.16. The van der Waals surface area contributed by atoms with Crippen LogP contribution in [0.1, 0.15) is 29.8 Å². The first-order valence-corrected chi connectivity index (χ1v) is 7.10. The summed E-state index contributed by atoms with van der Waals surface area (Å²) in [5.74, 6) is -0.619. The highest BCUT2D eigenvalue weighted by atomic mass is 32.1. The average molecular weight is 288 g/mol. The Morgan fingerprint density at radius 2 is 2.30 bits per heavy atom. The monoisotopic (exact) mass is 288 g/mol. The summed E-state index contributed by atoms with van der Waals surface area (Å²) in [4.78, 5) is 19.3. The van der Waals surface area contributed by atoms with Crippen molar-refractivity contribution in [3.63, 3.8) is 0 Å². The molecule has 0 radical (unpaired) electrons. The van der Waals surface area contributed by atoms with E-state index in [4.69, 9.17) is 5.11 Å². The van der Waals surface area contributed by atoms with E-state index < -0.39 is 5.97 Å². The number of hydrogen-bond donors (Lipinski definition) is 1. The van der Waals surface area contributed by atoms with Crippen molar-refractivity contribution in [3.05, 3.63) is 35.4 Å². The summed E-state index contributed by atoms with van der Waals surface area (Å²) in [6.07, 6.45) is 1.56. The predicted octanol–water partition coefficient (Wildman–Crippen LogP) is 2.53. The smallest absolute Gasteiger partial charge is 0.375 e. The van der Waals surface area contributed by atoms with Crippen molar-refractivity contribution < 1.29 is 9.90 Å². The summed E-state index contributed by atoms with van der Waals surface area (Å²) in [5, 5.41) is 13.1. The lowest BCUT2D eigenvalue weighted by Gasteiger charge is -2.04. The van der Waals surface area contributed by atoms with Crippen molar-refractivity contribution in [1.29, 1.82) is 0 Å². The Labute approximate surface area is 118 Å². The molecule has 0 amide bonds. The number of benzene rings is 1. The number of rotatable bonds is 4. The van der Waals surface area contributed by atoms with Gasteiger partial charge in [-0.25, -0.2) is 19.4 Å². The molecule has 1 aromatic carbocycles. The van der Waals surface area contributed by atoms with E-state index in [-0.39, 0.29) is 5.82 Å². The van der Waals surface area contributed by atoms with E-state index >= 15 is 0 Å². The van der Waals surface area contributed by atoms with Crippen molar-refractivity contribution in [2.45, 2.75) is 19.8 Å². The molecular weight excluding hydrogens is 276 g/mol. The number of aromatic nitrogens is 4. The number of nitrogens with zero attached hydrogens (tertiary/aromatic N) is 4. The first kappa shape index (κ1) is 12.7. The van der Waals surface area contributed by atoms with Crippen LogP contribution in [0.3, 0.4) is 0 Å². The standard InChI is InChI=1S/C13H12N4O2S/c1-2-3-11-15-12(13(18)19)16-17(11)8-4-5-9-10(6-8)20-7-14-9/h4-7H,2-3H2,1H3,(H,18,19). The van der Waals surface area contributed by atoms with Crippen LogP contribution in [0.15, 0.2) is 23.7 Å². The summed E-state index contributed by atoms with van der Waals surface area (Å²) >= 11 is 1.54. The third kappa shape index (κ3) is 2.16. The van der Waals surface area contributed by atoms with Crippen LogP contribution < -0.4 is 0 Å². The maximum absolute atomic E-state index is 11.0. The molecule has 3 rings (SSSR count). The van der Waals surface area contributed by atoms with Crippen LogP contribution in [0, 0.1) is 0 Å². The number of carboxylic acids is 1. The molecule has 1 N–H and O–H groups in total. The maximum atomic E-state index is 11.0. The van der Waals surface area contributed by atoms with Gasteiger partial charge in [0.25, 0.3) is 5.82 Å². The quantitative estimate of drug-likeness (QED) is 0.797. The molecular formula is C13H12N4O2S. The second-order valence-corrected chi connectivity index (χ2v) is 5.21. The number of carboxylic acid groups (broad SMARTS) is 1. The number of fused-ring (bicyclic) bond motifs is 1. The van der Waals surface area contributed by atoms with E-state index in [0.29, 0.717) is 12.2 Å². The van der Waals surface area contributed by atoms with Crippen LogP contribution in [0.2, 0.25) is 0 Å². The zero-order valence-electron chi connectivity index (χ0n) is 10.8. The molecule has 0 aliphatic carbocycles. The predicted molar refractivity (Wildman–Crippen MR) is 75.5 cm³/mol. The van der Waals surface area contributed by atoms with Crippen molar-refractivity contribution in [1.82, 2.24) is 19.7 Å². The van der Waals surface area contributed by atoms with Crippen molar-refractivity contribution in [3.8, 4) is 5.69 Å². The van der Waals surface area contributed by atoms with Gasteiger partial charge in [-0.05, 0) is 24.6 Å². The number of hydrogen-bond acceptors (Lipinski definition) is 5. The van der Waals surface area contributed by atoms with Gasteiger partial charge in [0.1, 0.15) is 5.82 Å². The summed E-state index contributed by atoms with van der Waals surface area (Å²) in [5.41, 5.74) is 3.52. The summed E-state index contributed by atoms with van der Waals surface area (Å²) in [6, 6.07) is 5.73. The summed E-state index contributed by atoms with van der Waals surface area (Å²) in [6.45, 7) is 2.02. The number of thiazole rings is 1. The lowest BCUT2D eigenvalue weighted by atomic mass is 10.3. The zero-order valence-corrected chi connectivity index (χ0v) is 11.6. The molecule has 0 bridgehead atoms. The van der Waals surface area contributed by atoms with Crippen LogP contribution in [0.5, 0.6) is 0 Å². The second-order valence-electron chi connectivity index (χ2n) is 4.32. The van der Waals surface area contributed by atoms with E-state index in [1.54, 1.807) is 10.2 Å². The largest absolute Gasteiger partial charge is 0.475 e. The molecule has 20 heavy (non-hydrogen) atoms. The molecule has 6 nitrogen and oxygen atoms in total. The molecule has 0 saturated carbocycles. The Hall–Kier alpha value is -2.28. The van der Waals surface area contributed by atoms with Crippen LogP contribution in [-0.2, 0) is 6.42 Å². The third-order valence-electron chi connectivity index (χ3n) is 2.90. The second kappa shape index (κ2) is 5.01. The van der Waals surface area contributed by atoms with Gasteiger partial charge < -0.3 is 5.11 Å². The van der Waals surface area contributed by atoms with Crippen molar-refractivity contribution in [2.24, 2.45) is 0 Å². The lowest BCUT2D eigenvalue weighted by molar-refractivity contribution is 0.0683. The van der Waals surface area contributed by atoms with Gasteiger partial charge in [0, 0.05) is 6.42 Å². The Bertz CT molecular complexity index is 778. The highest BCUT2D eigenvalue weighted by Gasteiger charge is 2.16. The fourth-order valence-electron chi connectivity index (χ4n) is 2.00. The Morgan fingerprint density at radius 1 is 1.45 bits per heavy atom. The van der Waals surface area contributed by atoms with Gasteiger partial charge in [0.05, 0.1) is 21.4 Å². The number of carbonyl (C=O) groups is 1. The minimum Gasteiger partial charge on any atom is -0.475 e. The molecule has 0 spiro atoms. The van der Waals surface area contributed by atoms with Gasteiger partial charge in [0.15, 0.2) is 0 Å². The minimum atomic E-state index is -1.11. The molecule has 2 heterocycles. The molecule has 0 aliphatic rings. The molecule has 0 atom stereocenters. The Balaban J connectivity index is 2.13. The first-order chi connectivity index (χ1) is 9.69. The first-order valence-electron chi connectivity index (χ1n) is 6.22. The molecule has 0 unspecified atom stereocenters. The van der Waals surface area contributed by atoms with Gasteiger partial charge in [-0.15, -0.1) is 16.4 Å². The van der Waals surface area contributed by atoms with Gasteiger partial charge in [-0.1, -0.05) is 6.92 Å². The average Bonchev–Trinajstić information content (AvgIpc) is 3.04. The summed E-state index contributed by atoms with van der Waals surface area (Å²) in [7, 11) is 0. The Kier molecular flexibility index (Phi) is 3.19. The molecule has 7 heteroatoms. The molecule has 2 aromatic heterocycles. The summed E-state index contributed by atoms with van der Waals surface area (Å²) < 4.78 is 2.64. The molecule has 3 aromatic rings. The maximum Gasteiger partial charge on any atom is 0.375 e. The van der Waals surface area contributed by atoms with E-state index in [0.717, 1.165) is 22.3 Å². The topological polar surface area (TPSA) is 80.9 Å². The fourth-order valence-corrected chi connectivity index (χ4v) is 2.71. The highest BCUT2D eigenvalue weighted by Crippen LogP contribution is 2.22. The molecule has 0 aliphatic heterocycles. The van der Waals surface area contributed by atoms with E-state index in [2.05, 4.69) is 15.1 Å². The number of aromatic carboxylic acids is 1. The minimum absolute atomic E-state index is 0.169. The van der Waals surface area contributed by atoms with Gasteiger partial charge in [-0.3, -0.25) is 0 Å². The van der Waals surface area contributed by atoms with E-state index in [9.17, 15) is 4.79 Å². The van der Waals surface area contributed by atoms with Crippen molar-refractivity contribution >= 4 is 27.5 Å². The molecule has 0 saturated heterocycles. The van der Waals surface area contributed by atoms with Crippen LogP contribution in [-0.4, -0.2) is 30.8 Å². The normalized spacial score (nSPS) is 11.1. The van der Waals surface area contributed by atoms with Crippen LogP contribution >= 0.6 is 11.3 Å². The third-order valence-corrected chi connectivity index (χ3v) is 3.69. The van der Waals surface area contributed by atoms with Gasteiger partial charge in [-0.2, -0.15) is 0 Å². The van der Waals surface area contributed by atoms with E-state index in [1.165, 1.54) is 11.3 Å². The van der Waals surface area contributed by atoms with Crippen LogP contribution in [0.4, 0.5) is 0 Å². The number of aryl methyl sites for hydroxylation is 1.